The van der Waals surface area contributed by atoms with E-state index in [-0.39, 0.29) is 5.60 Å². The summed E-state index contributed by atoms with van der Waals surface area (Å²) in [6.45, 7) is 2.30. The van der Waals surface area contributed by atoms with Crippen LogP contribution in [-0.2, 0) is 4.74 Å². The van der Waals surface area contributed by atoms with Crippen LogP contribution in [0.3, 0.4) is 0 Å². The Morgan fingerprint density at radius 2 is 1.80 bits per heavy atom. The molecular formula is C24H34O. The molecule has 1 heteroatoms. The lowest BCUT2D eigenvalue weighted by atomic mass is 9.69. The van der Waals surface area contributed by atoms with Crippen molar-refractivity contribution >= 4 is 5.57 Å². The molecule has 1 fully saturated rings. The molecule has 0 saturated heterocycles. The third kappa shape index (κ3) is 4.44. The largest absolute Gasteiger partial charge is 0.374 e. The number of ether oxygens (including phenoxy) is 1. The normalized spacial score (nSPS) is 29.4. The van der Waals surface area contributed by atoms with Crippen LogP contribution in [0.1, 0.15) is 70.3 Å². The van der Waals surface area contributed by atoms with Gasteiger partial charge in [0, 0.05) is 7.11 Å². The van der Waals surface area contributed by atoms with Crippen molar-refractivity contribution in [1.82, 2.24) is 0 Å². The van der Waals surface area contributed by atoms with Gasteiger partial charge in [-0.15, -0.1) is 0 Å². The van der Waals surface area contributed by atoms with E-state index in [2.05, 4.69) is 55.5 Å². The predicted octanol–water partition coefficient (Wildman–Crippen LogP) is 6.80. The molecular weight excluding hydrogens is 304 g/mol. The Bertz CT molecular complexity index is 577. The molecule has 2 aliphatic carbocycles. The molecule has 0 aromatic heterocycles. The van der Waals surface area contributed by atoms with Crippen molar-refractivity contribution in [2.75, 3.05) is 7.11 Å². The van der Waals surface area contributed by atoms with Gasteiger partial charge in [0.2, 0.25) is 0 Å². The second kappa shape index (κ2) is 8.85. The summed E-state index contributed by atoms with van der Waals surface area (Å²) in [5.74, 6) is 1.63. The standard InChI is InChI=1S/C24H34O/c1-3-4-6-9-20-12-14-23(15-13-20)24(25-2)18-16-22(17-19-24)21-10-7-5-8-11-21/h5,7-8,10-11,16-18,20,23H,3-4,6,9,12-15,19H2,1-2H3. The number of rotatable bonds is 7. The number of hydrogen-bond donors (Lipinski definition) is 0. The highest BCUT2D eigenvalue weighted by Gasteiger charge is 2.39. The molecule has 0 spiro atoms. The smallest absolute Gasteiger partial charge is 0.0924 e. The quantitative estimate of drug-likeness (QED) is 0.497. The number of benzene rings is 1. The van der Waals surface area contributed by atoms with Gasteiger partial charge in [-0.3, -0.25) is 0 Å². The first-order chi connectivity index (χ1) is 12.3. The van der Waals surface area contributed by atoms with Crippen molar-refractivity contribution in [2.45, 2.75) is 70.3 Å². The fourth-order valence-electron chi connectivity index (χ4n) is 4.72. The van der Waals surface area contributed by atoms with Gasteiger partial charge in [0.05, 0.1) is 5.60 Å². The van der Waals surface area contributed by atoms with E-state index in [9.17, 15) is 0 Å². The first-order valence-electron chi connectivity index (χ1n) is 10.3. The Hall–Kier alpha value is -1.34. The van der Waals surface area contributed by atoms with E-state index in [0.717, 1.165) is 12.3 Å². The fraction of sp³-hybridized carbons (Fsp3) is 0.583. The molecule has 0 bridgehead atoms. The van der Waals surface area contributed by atoms with Crippen LogP contribution in [0, 0.1) is 11.8 Å². The number of allylic oxidation sites excluding steroid dienone is 2. The lowest BCUT2D eigenvalue weighted by molar-refractivity contribution is -0.0342. The molecule has 2 aliphatic rings. The Kier molecular flexibility index (Phi) is 6.53. The van der Waals surface area contributed by atoms with Crippen LogP contribution >= 0.6 is 0 Å². The maximum Gasteiger partial charge on any atom is 0.0924 e. The van der Waals surface area contributed by atoms with Gasteiger partial charge in [-0.25, -0.2) is 0 Å². The molecule has 0 N–H and O–H groups in total. The van der Waals surface area contributed by atoms with Gasteiger partial charge in [-0.2, -0.15) is 0 Å². The third-order valence-corrected chi connectivity index (χ3v) is 6.43. The number of unbranched alkanes of at least 4 members (excludes halogenated alkanes) is 2. The lowest BCUT2D eigenvalue weighted by Crippen LogP contribution is -2.40. The number of methoxy groups -OCH3 is 1. The summed E-state index contributed by atoms with van der Waals surface area (Å²) >= 11 is 0. The zero-order chi connectivity index (χ0) is 17.5. The highest BCUT2D eigenvalue weighted by Crippen LogP contribution is 2.43. The highest BCUT2D eigenvalue weighted by atomic mass is 16.5. The van der Waals surface area contributed by atoms with Crippen molar-refractivity contribution in [3.05, 3.63) is 54.1 Å². The van der Waals surface area contributed by atoms with Crippen LogP contribution in [-0.4, -0.2) is 12.7 Å². The minimum Gasteiger partial charge on any atom is -0.374 e. The zero-order valence-corrected chi connectivity index (χ0v) is 16.0. The van der Waals surface area contributed by atoms with Gasteiger partial charge in [-0.1, -0.05) is 94.0 Å². The molecule has 136 valence electrons. The Labute approximate surface area is 154 Å². The molecule has 1 unspecified atom stereocenters. The molecule has 3 rings (SSSR count). The Morgan fingerprint density at radius 1 is 1.04 bits per heavy atom. The average Bonchev–Trinajstić information content (AvgIpc) is 2.69. The predicted molar refractivity (Wildman–Crippen MR) is 108 cm³/mol. The molecule has 0 radical (unpaired) electrons. The van der Waals surface area contributed by atoms with E-state index in [1.54, 1.807) is 0 Å². The van der Waals surface area contributed by atoms with Gasteiger partial charge in [-0.05, 0) is 42.2 Å². The summed E-state index contributed by atoms with van der Waals surface area (Å²) in [4.78, 5) is 0. The molecule has 25 heavy (non-hydrogen) atoms. The highest BCUT2D eigenvalue weighted by molar-refractivity contribution is 5.75. The van der Waals surface area contributed by atoms with E-state index < -0.39 is 0 Å². The van der Waals surface area contributed by atoms with Gasteiger partial charge >= 0.3 is 0 Å². The third-order valence-electron chi connectivity index (χ3n) is 6.43. The van der Waals surface area contributed by atoms with Crippen LogP contribution in [0.25, 0.3) is 5.57 Å². The molecule has 0 aliphatic heterocycles. The van der Waals surface area contributed by atoms with Crippen molar-refractivity contribution in [2.24, 2.45) is 11.8 Å². The average molecular weight is 339 g/mol. The van der Waals surface area contributed by atoms with Gasteiger partial charge in [0.1, 0.15) is 0 Å². The lowest BCUT2D eigenvalue weighted by Gasteiger charge is -2.42. The minimum absolute atomic E-state index is 0.0767. The van der Waals surface area contributed by atoms with Crippen molar-refractivity contribution in [3.63, 3.8) is 0 Å². The van der Waals surface area contributed by atoms with E-state index >= 15 is 0 Å². The fourth-order valence-corrected chi connectivity index (χ4v) is 4.72. The minimum atomic E-state index is -0.0767. The van der Waals surface area contributed by atoms with Crippen LogP contribution in [0.2, 0.25) is 0 Å². The molecule has 1 nitrogen and oxygen atoms in total. The summed E-state index contributed by atoms with van der Waals surface area (Å²) in [7, 11) is 1.90. The first-order valence-corrected chi connectivity index (χ1v) is 10.3. The molecule has 1 aromatic rings. The van der Waals surface area contributed by atoms with Crippen LogP contribution < -0.4 is 0 Å². The molecule has 0 amide bonds. The SMILES string of the molecule is CCCCCC1CCC(C2(OC)C=CC(c3ccccc3)=CC2)CC1. The van der Waals surface area contributed by atoms with Crippen LogP contribution in [0.4, 0.5) is 0 Å². The molecule has 1 saturated carbocycles. The summed E-state index contributed by atoms with van der Waals surface area (Å²) in [6.07, 6.45) is 19.1. The molecule has 0 heterocycles. The van der Waals surface area contributed by atoms with Crippen LogP contribution in [0.15, 0.2) is 48.6 Å². The molecule has 1 atom stereocenters. The van der Waals surface area contributed by atoms with Gasteiger partial charge in [0.25, 0.3) is 0 Å². The monoisotopic (exact) mass is 338 g/mol. The Balaban J connectivity index is 1.59. The van der Waals surface area contributed by atoms with E-state index in [4.69, 9.17) is 4.74 Å². The Morgan fingerprint density at radius 3 is 2.40 bits per heavy atom. The molecule has 1 aromatic carbocycles. The van der Waals surface area contributed by atoms with Crippen molar-refractivity contribution < 1.29 is 4.74 Å². The maximum atomic E-state index is 6.10. The topological polar surface area (TPSA) is 9.23 Å². The van der Waals surface area contributed by atoms with E-state index in [1.807, 2.05) is 7.11 Å². The van der Waals surface area contributed by atoms with E-state index in [1.165, 1.54) is 62.5 Å². The van der Waals surface area contributed by atoms with Crippen molar-refractivity contribution in [3.8, 4) is 0 Å². The zero-order valence-electron chi connectivity index (χ0n) is 16.0. The number of hydrogen-bond acceptors (Lipinski definition) is 1. The van der Waals surface area contributed by atoms with Gasteiger partial charge < -0.3 is 4.74 Å². The first kappa shape index (κ1) is 18.5. The van der Waals surface area contributed by atoms with Crippen LogP contribution in [0.5, 0.6) is 0 Å². The summed E-state index contributed by atoms with van der Waals surface area (Å²) in [5.41, 5.74) is 2.57. The van der Waals surface area contributed by atoms with Crippen molar-refractivity contribution in [1.29, 1.82) is 0 Å². The maximum absolute atomic E-state index is 6.10. The second-order valence-electron chi connectivity index (χ2n) is 7.94. The van der Waals surface area contributed by atoms with Gasteiger partial charge in [0.15, 0.2) is 0 Å². The second-order valence-corrected chi connectivity index (χ2v) is 7.94. The summed E-state index contributed by atoms with van der Waals surface area (Å²) in [6, 6.07) is 10.7. The summed E-state index contributed by atoms with van der Waals surface area (Å²) < 4.78 is 6.10. The van der Waals surface area contributed by atoms with E-state index in [0.29, 0.717) is 5.92 Å². The summed E-state index contributed by atoms with van der Waals surface area (Å²) in [5, 5.41) is 0.